The minimum Gasteiger partial charge on any atom is -0.493 e. The Hall–Kier alpha value is -2.44. The lowest BCUT2D eigenvalue weighted by atomic mass is 10.2. The minimum absolute atomic E-state index is 0.336. The van der Waals surface area contributed by atoms with Gasteiger partial charge in [-0.1, -0.05) is 66.3 Å². The Labute approximate surface area is 162 Å². The number of benzene rings is 2. The van der Waals surface area contributed by atoms with E-state index in [1.807, 2.05) is 30.3 Å². The summed E-state index contributed by atoms with van der Waals surface area (Å²) in [5, 5.41) is 8.80. The molecule has 0 radical (unpaired) electrons. The average Bonchev–Trinajstić information content (AvgIpc) is 2.66. The van der Waals surface area contributed by atoms with Crippen molar-refractivity contribution in [2.24, 2.45) is 15.9 Å². The van der Waals surface area contributed by atoms with Crippen LogP contribution in [0.4, 0.5) is 0 Å². The maximum atomic E-state index is 6.24. The molecule has 2 N–H and O–H groups in total. The fourth-order valence-electron chi connectivity index (χ4n) is 2.01. The van der Waals surface area contributed by atoms with E-state index in [9.17, 15) is 0 Å². The quantitative estimate of drug-likeness (QED) is 0.312. The Kier molecular flexibility index (Phi) is 8.05. The number of amidine groups is 1. The van der Waals surface area contributed by atoms with Crippen molar-refractivity contribution < 1.29 is 9.47 Å². The van der Waals surface area contributed by atoms with Crippen LogP contribution in [-0.4, -0.2) is 25.1 Å². The van der Waals surface area contributed by atoms with Crippen LogP contribution in [0.15, 0.2) is 65.3 Å². The highest BCUT2D eigenvalue weighted by Crippen LogP contribution is 2.36. The molecule has 26 heavy (non-hydrogen) atoms. The van der Waals surface area contributed by atoms with Crippen molar-refractivity contribution in [2.45, 2.75) is 5.75 Å². The number of thioether (sulfide) groups is 1. The highest BCUT2D eigenvalue weighted by atomic mass is 35.5. The first-order valence-corrected chi connectivity index (χ1v) is 9.15. The van der Waals surface area contributed by atoms with Gasteiger partial charge in [-0.05, 0) is 17.7 Å². The van der Waals surface area contributed by atoms with E-state index in [1.165, 1.54) is 17.3 Å². The number of nitrogens with two attached hydrogens (primary N) is 1. The van der Waals surface area contributed by atoms with Crippen LogP contribution in [0.25, 0.3) is 0 Å². The topological polar surface area (TPSA) is 69.2 Å². The summed E-state index contributed by atoms with van der Waals surface area (Å²) in [6.45, 7) is 3.95. The second-order valence-electron chi connectivity index (χ2n) is 5.09. The molecule has 136 valence electrons. The third kappa shape index (κ3) is 6.13. The van der Waals surface area contributed by atoms with Crippen LogP contribution in [0.5, 0.6) is 11.5 Å². The molecule has 0 aliphatic rings. The molecule has 0 saturated carbocycles. The number of halogens is 1. The van der Waals surface area contributed by atoms with E-state index in [0.29, 0.717) is 28.3 Å². The molecule has 0 aliphatic heterocycles. The second kappa shape index (κ2) is 10.5. The Bertz CT molecular complexity index is 795. The van der Waals surface area contributed by atoms with E-state index >= 15 is 0 Å². The summed E-state index contributed by atoms with van der Waals surface area (Å²) in [5.41, 5.74) is 7.77. The summed E-state index contributed by atoms with van der Waals surface area (Å²) in [7, 11) is 1.55. The number of rotatable bonds is 8. The van der Waals surface area contributed by atoms with Gasteiger partial charge in [-0.25, -0.2) is 0 Å². The third-order valence-corrected chi connectivity index (χ3v) is 4.33. The van der Waals surface area contributed by atoms with Gasteiger partial charge in [0.1, 0.15) is 6.61 Å². The molecule has 0 spiro atoms. The normalized spacial score (nSPS) is 11.5. The maximum absolute atomic E-state index is 6.24. The van der Waals surface area contributed by atoms with Gasteiger partial charge in [-0.15, -0.1) is 5.10 Å². The van der Waals surface area contributed by atoms with E-state index in [2.05, 4.69) is 16.8 Å². The molecule has 0 bridgehead atoms. The first kappa shape index (κ1) is 19.9. The molecule has 0 atom stereocenters. The Morgan fingerprint density at radius 3 is 2.77 bits per heavy atom. The van der Waals surface area contributed by atoms with Gasteiger partial charge in [0, 0.05) is 11.3 Å². The molecule has 0 fully saturated rings. The van der Waals surface area contributed by atoms with Crippen molar-refractivity contribution in [2.75, 3.05) is 13.7 Å². The zero-order valence-corrected chi connectivity index (χ0v) is 16.0. The Morgan fingerprint density at radius 1 is 1.31 bits per heavy atom. The lowest BCUT2D eigenvalue weighted by Gasteiger charge is -2.11. The molecule has 0 saturated heterocycles. The van der Waals surface area contributed by atoms with Crippen LogP contribution in [0.3, 0.4) is 0 Å². The van der Waals surface area contributed by atoms with Crippen molar-refractivity contribution in [1.29, 1.82) is 0 Å². The van der Waals surface area contributed by atoms with E-state index in [0.717, 1.165) is 11.3 Å². The Balaban J connectivity index is 2.02. The highest BCUT2D eigenvalue weighted by Gasteiger charge is 2.11. The molecule has 7 heteroatoms. The molecule has 0 heterocycles. The largest absolute Gasteiger partial charge is 0.493 e. The van der Waals surface area contributed by atoms with E-state index in [1.54, 1.807) is 31.5 Å². The van der Waals surface area contributed by atoms with Gasteiger partial charge in [0.25, 0.3) is 0 Å². The predicted octanol–water partition coefficient (Wildman–Crippen LogP) is 4.50. The molecule has 2 aromatic rings. The zero-order chi connectivity index (χ0) is 18.8. The zero-order valence-electron chi connectivity index (χ0n) is 14.4. The van der Waals surface area contributed by atoms with Crippen molar-refractivity contribution in [3.05, 3.63) is 71.3 Å². The molecule has 2 aromatic carbocycles. The lowest BCUT2D eigenvalue weighted by molar-refractivity contribution is 0.326. The molecule has 5 nitrogen and oxygen atoms in total. The van der Waals surface area contributed by atoms with E-state index in [4.69, 9.17) is 26.8 Å². The molecule has 2 rings (SSSR count). The molecule has 0 aliphatic carbocycles. The van der Waals surface area contributed by atoms with E-state index < -0.39 is 0 Å². The van der Waals surface area contributed by atoms with Gasteiger partial charge in [-0.3, -0.25) is 0 Å². The maximum Gasteiger partial charge on any atom is 0.180 e. The standard InChI is InChI=1S/C19H20ClN3O2S/c1-3-9-25-18-16(20)10-15(11-17(18)24-2)12-22-23-19(21)26-13-14-7-5-4-6-8-14/h3-8,10-12H,1,9,13H2,2H3,(H2,21,23). The number of nitrogens with zero attached hydrogens (tertiary/aromatic N) is 2. The number of hydrogen-bond donors (Lipinski definition) is 1. The van der Waals surface area contributed by atoms with Gasteiger partial charge in [0.15, 0.2) is 16.7 Å². The minimum atomic E-state index is 0.336. The molecule has 0 unspecified atom stereocenters. The van der Waals surface area contributed by atoms with Crippen molar-refractivity contribution in [3.8, 4) is 11.5 Å². The molecule has 0 aromatic heterocycles. The first-order valence-electron chi connectivity index (χ1n) is 7.78. The molecular weight excluding hydrogens is 370 g/mol. The van der Waals surface area contributed by atoms with Gasteiger partial charge in [0.05, 0.1) is 18.3 Å². The molecule has 0 amide bonds. The number of ether oxygens (including phenoxy) is 2. The number of hydrogen-bond acceptors (Lipinski definition) is 5. The van der Waals surface area contributed by atoms with Crippen LogP contribution in [0.1, 0.15) is 11.1 Å². The van der Waals surface area contributed by atoms with Gasteiger partial charge < -0.3 is 15.2 Å². The summed E-state index contributed by atoms with van der Waals surface area (Å²) in [6, 6.07) is 13.5. The van der Waals surface area contributed by atoms with Crippen LogP contribution in [0, 0.1) is 0 Å². The fraction of sp³-hybridized carbons (Fsp3) is 0.158. The Morgan fingerprint density at radius 2 is 2.08 bits per heavy atom. The monoisotopic (exact) mass is 389 g/mol. The predicted molar refractivity (Wildman–Crippen MR) is 111 cm³/mol. The van der Waals surface area contributed by atoms with Crippen molar-refractivity contribution in [1.82, 2.24) is 0 Å². The summed E-state index contributed by atoms with van der Waals surface area (Å²) < 4.78 is 10.8. The van der Waals surface area contributed by atoms with Gasteiger partial charge >= 0.3 is 0 Å². The smallest absolute Gasteiger partial charge is 0.180 e. The first-order chi connectivity index (χ1) is 12.6. The van der Waals surface area contributed by atoms with Crippen LogP contribution < -0.4 is 15.2 Å². The molecular formula is C19H20ClN3O2S. The fourth-order valence-corrected chi connectivity index (χ4v) is 2.90. The third-order valence-electron chi connectivity index (χ3n) is 3.19. The second-order valence-corrected chi connectivity index (χ2v) is 6.49. The summed E-state index contributed by atoms with van der Waals surface area (Å²) in [6.07, 6.45) is 3.19. The van der Waals surface area contributed by atoms with E-state index in [-0.39, 0.29) is 0 Å². The van der Waals surface area contributed by atoms with Crippen LogP contribution >= 0.6 is 23.4 Å². The van der Waals surface area contributed by atoms with Crippen molar-refractivity contribution in [3.63, 3.8) is 0 Å². The van der Waals surface area contributed by atoms with Crippen LogP contribution in [0.2, 0.25) is 5.02 Å². The van der Waals surface area contributed by atoms with Crippen LogP contribution in [-0.2, 0) is 5.75 Å². The van der Waals surface area contributed by atoms with Gasteiger partial charge in [0.2, 0.25) is 0 Å². The average molecular weight is 390 g/mol. The summed E-state index contributed by atoms with van der Waals surface area (Å²) >= 11 is 7.66. The highest BCUT2D eigenvalue weighted by molar-refractivity contribution is 8.13. The number of methoxy groups -OCH3 is 1. The van der Waals surface area contributed by atoms with Gasteiger partial charge in [-0.2, -0.15) is 5.10 Å². The SMILES string of the molecule is C=CCOc1c(Cl)cc(C=NN=C(N)SCc2ccccc2)cc1OC. The summed E-state index contributed by atoms with van der Waals surface area (Å²) in [4.78, 5) is 0. The summed E-state index contributed by atoms with van der Waals surface area (Å²) in [5.74, 6) is 1.71. The lowest BCUT2D eigenvalue weighted by Crippen LogP contribution is -2.06. The van der Waals surface area contributed by atoms with Crippen molar-refractivity contribution >= 4 is 34.7 Å².